The van der Waals surface area contributed by atoms with Crippen molar-refractivity contribution in [2.45, 2.75) is 68.2 Å². The second kappa shape index (κ2) is 6.18. The van der Waals surface area contributed by atoms with Crippen molar-refractivity contribution in [2.24, 2.45) is 10.8 Å². The summed E-state index contributed by atoms with van der Waals surface area (Å²) in [6.07, 6.45) is 10.8. The van der Waals surface area contributed by atoms with Crippen LogP contribution in [-0.4, -0.2) is 3.21 Å². The van der Waals surface area contributed by atoms with Crippen LogP contribution in [-0.2, 0) is 15.9 Å². The molecule has 3 heteroatoms. The fraction of sp³-hybridized carbons (Fsp3) is 0.571. The van der Waals surface area contributed by atoms with E-state index in [0.717, 1.165) is 12.8 Å². The van der Waals surface area contributed by atoms with E-state index in [0.29, 0.717) is 0 Å². The van der Waals surface area contributed by atoms with Gasteiger partial charge in [-0.25, -0.2) is 0 Å². The van der Waals surface area contributed by atoms with E-state index in [-0.39, 0.29) is 10.8 Å². The van der Waals surface area contributed by atoms with Crippen molar-refractivity contribution in [3.63, 3.8) is 0 Å². The summed E-state index contributed by atoms with van der Waals surface area (Å²) in [5, 5.41) is 0. The molecule has 0 aromatic heterocycles. The van der Waals surface area contributed by atoms with Crippen LogP contribution in [0.4, 0.5) is 0 Å². The van der Waals surface area contributed by atoms with Gasteiger partial charge in [0.05, 0.1) is 0 Å². The van der Waals surface area contributed by atoms with Crippen molar-refractivity contribution in [2.75, 3.05) is 0 Å². The predicted octanol–water partition coefficient (Wildman–Crippen LogP) is 7.72. The van der Waals surface area contributed by atoms with Gasteiger partial charge in [-0.05, 0) is 0 Å². The normalized spacial score (nSPS) is 19.8. The third-order valence-corrected chi connectivity index (χ3v) is 27.1. The van der Waals surface area contributed by atoms with Gasteiger partial charge in [-0.2, -0.15) is 0 Å². The topological polar surface area (TPSA) is 0 Å². The summed E-state index contributed by atoms with van der Waals surface area (Å²) < 4.78 is 3.92. The summed E-state index contributed by atoms with van der Waals surface area (Å²) in [6.45, 7) is 17.9. The van der Waals surface area contributed by atoms with Crippen molar-refractivity contribution in [1.29, 1.82) is 0 Å². The number of hydrogen-bond acceptors (Lipinski definition) is 0. The monoisotopic (exact) mass is 444 g/mol. The molecule has 134 valence electrons. The zero-order valence-corrected chi connectivity index (χ0v) is 20.4. The zero-order chi connectivity index (χ0) is 18.6. The molecule has 0 amide bonds. The second-order valence-electron chi connectivity index (χ2n) is 9.51. The fourth-order valence-electron chi connectivity index (χ4n) is 4.03. The Labute approximate surface area is 156 Å². The minimum absolute atomic E-state index is 0.0607. The van der Waals surface area contributed by atoms with Gasteiger partial charge in [0.25, 0.3) is 0 Å². The van der Waals surface area contributed by atoms with Crippen molar-refractivity contribution in [3.05, 3.63) is 42.0 Å². The van der Waals surface area contributed by atoms with Crippen LogP contribution in [0.2, 0.25) is 0 Å². The summed E-state index contributed by atoms with van der Waals surface area (Å²) in [5.74, 6) is 0. The first-order valence-corrected chi connectivity index (χ1v) is 18.9. The van der Waals surface area contributed by atoms with Crippen LogP contribution in [0.5, 0.6) is 0 Å². The van der Waals surface area contributed by atoms with Gasteiger partial charge in [-0.15, -0.1) is 0 Å². The van der Waals surface area contributed by atoms with Crippen LogP contribution in [0.1, 0.15) is 68.2 Å². The molecule has 2 aliphatic rings. The zero-order valence-electron chi connectivity index (χ0n) is 16.5. The molecule has 2 rings (SSSR count). The average Bonchev–Trinajstić information content (AvgIpc) is 3.07. The summed E-state index contributed by atoms with van der Waals surface area (Å²) >= 11 is -4.43. The van der Waals surface area contributed by atoms with Crippen molar-refractivity contribution in [1.82, 2.24) is 0 Å². The molecule has 24 heavy (non-hydrogen) atoms. The first kappa shape index (κ1) is 20.6. The summed E-state index contributed by atoms with van der Waals surface area (Å²) in [5.41, 5.74) is 2.83. The van der Waals surface area contributed by atoms with Crippen LogP contribution >= 0.6 is 17.0 Å². The standard InChI is InChI=1S/2C9H13.C3H6.2ClH.Zr/c2*1-9(2,3)8-6-4-5-7-8;1-3-2;;;/h2*4,6H,5H2,1-3H3;1-2H3;2*1H;/q;;;;;+2/p-2. The Morgan fingerprint density at radius 3 is 1.38 bits per heavy atom. The van der Waals surface area contributed by atoms with Crippen LogP contribution < -0.4 is 0 Å². The number of allylic oxidation sites excluding steroid dienone is 8. The molecule has 0 unspecified atom stereocenters. The SMILES string of the molecule is C[C](C)=[Zr]([Cl])([Cl])([C]1=C(C(C)(C)C)C=CC1)[C]1=C(C(C)(C)C)C=CC1. The van der Waals surface area contributed by atoms with Gasteiger partial charge >= 0.3 is 157 Å². The van der Waals surface area contributed by atoms with E-state index in [1.165, 1.54) is 20.9 Å². The van der Waals surface area contributed by atoms with Crippen molar-refractivity contribution in [3.8, 4) is 0 Å². The van der Waals surface area contributed by atoms with Gasteiger partial charge < -0.3 is 0 Å². The van der Waals surface area contributed by atoms with Gasteiger partial charge in [0.15, 0.2) is 0 Å². The first-order valence-electron chi connectivity index (χ1n) is 8.90. The molecule has 0 heterocycles. The molecule has 0 saturated carbocycles. The molecular weight excluding hydrogens is 414 g/mol. The Kier molecular flexibility index (Phi) is 5.30. The van der Waals surface area contributed by atoms with E-state index in [4.69, 9.17) is 17.0 Å². The molecule has 0 bridgehead atoms. The summed E-state index contributed by atoms with van der Waals surface area (Å²) in [7, 11) is 15.4. The molecule has 2 aliphatic carbocycles. The summed E-state index contributed by atoms with van der Waals surface area (Å²) in [6, 6.07) is 0. The van der Waals surface area contributed by atoms with E-state index >= 15 is 0 Å². The van der Waals surface area contributed by atoms with Crippen LogP contribution in [0.15, 0.2) is 42.0 Å². The van der Waals surface area contributed by atoms with Crippen molar-refractivity contribution < 1.29 is 15.9 Å². The van der Waals surface area contributed by atoms with E-state index in [1.54, 1.807) is 0 Å². The molecule has 0 radical (unpaired) electrons. The predicted molar refractivity (Wildman–Crippen MR) is 109 cm³/mol. The quantitative estimate of drug-likeness (QED) is 0.407. The molecule has 0 fully saturated rings. The number of halogens is 2. The van der Waals surface area contributed by atoms with Gasteiger partial charge in [0.1, 0.15) is 0 Å². The third-order valence-electron chi connectivity index (χ3n) is 5.42. The van der Waals surface area contributed by atoms with E-state index < -0.39 is 15.9 Å². The van der Waals surface area contributed by atoms with Gasteiger partial charge in [0, 0.05) is 0 Å². The molecule has 0 saturated heterocycles. The molecule has 0 aromatic rings. The van der Waals surface area contributed by atoms with Gasteiger partial charge in [-0.3, -0.25) is 0 Å². The number of rotatable bonds is 2. The van der Waals surface area contributed by atoms with E-state index in [9.17, 15) is 0 Å². The van der Waals surface area contributed by atoms with Crippen LogP contribution in [0.25, 0.3) is 0 Å². The van der Waals surface area contributed by atoms with E-state index in [2.05, 4.69) is 79.7 Å². The average molecular weight is 447 g/mol. The molecule has 0 N–H and O–H groups in total. The molecule has 0 atom stereocenters. The van der Waals surface area contributed by atoms with E-state index in [1.807, 2.05) is 0 Å². The Hall–Kier alpha value is 0.293. The molecular formula is C21H32Cl2Zr. The van der Waals surface area contributed by atoms with Gasteiger partial charge in [0.2, 0.25) is 0 Å². The van der Waals surface area contributed by atoms with Crippen LogP contribution in [0, 0.1) is 10.8 Å². The van der Waals surface area contributed by atoms with Gasteiger partial charge in [-0.1, -0.05) is 0 Å². The van der Waals surface area contributed by atoms with Crippen molar-refractivity contribution >= 4 is 20.2 Å². The minimum atomic E-state index is -4.43. The van der Waals surface area contributed by atoms with Crippen LogP contribution in [0.3, 0.4) is 0 Å². The maximum absolute atomic E-state index is 7.69. The fourth-order valence-corrected chi connectivity index (χ4v) is 19.0. The first-order chi connectivity index (χ1) is 10.7. The second-order valence-corrected chi connectivity index (χ2v) is 30.0. The third kappa shape index (κ3) is 3.19. The Balaban J connectivity index is 2.92. The Morgan fingerprint density at radius 1 is 0.792 bits per heavy atom. The maximum atomic E-state index is 7.69. The Morgan fingerprint density at radius 2 is 1.12 bits per heavy atom. The molecule has 0 spiro atoms. The Bertz CT molecular complexity index is 693. The molecule has 0 nitrogen and oxygen atoms in total. The molecule has 0 aromatic carbocycles. The summed E-state index contributed by atoms with van der Waals surface area (Å²) in [4.78, 5) is 0. The number of hydrogen-bond donors (Lipinski definition) is 0. The molecule has 0 aliphatic heterocycles.